The van der Waals surface area contributed by atoms with Gasteiger partial charge in [-0.05, 0) is 12.8 Å². The van der Waals surface area contributed by atoms with Crippen LogP contribution in [0.25, 0.3) is 0 Å². The fraction of sp³-hybridized carbons (Fsp3) is 0.833. The Kier molecular flexibility index (Phi) is 1.71. The minimum absolute atomic E-state index is 0.0586. The Bertz CT molecular complexity index is 118. The summed E-state index contributed by atoms with van der Waals surface area (Å²) in [6.45, 7) is 0.893. The van der Waals surface area contributed by atoms with E-state index in [9.17, 15) is 4.79 Å². The summed E-state index contributed by atoms with van der Waals surface area (Å²) in [5.41, 5.74) is 3.71. The molecule has 9 heavy (non-hydrogen) atoms. The van der Waals surface area contributed by atoms with Gasteiger partial charge < -0.3 is 10.8 Å². The predicted molar refractivity (Wildman–Crippen MR) is 31.6 cm³/mol. The average Bonchev–Trinajstić information content (AvgIpc) is 1.61. The van der Waals surface area contributed by atoms with Gasteiger partial charge in [-0.25, -0.2) is 0 Å². The highest BCUT2D eigenvalue weighted by Crippen LogP contribution is 2.32. The number of hydrogen-bond acceptors (Lipinski definition) is 1. The molecule has 0 aromatic carbocycles. The molecule has 1 aliphatic rings. The molecular formula is C6H12NO2+. The van der Waals surface area contributed by atoms with E-state index in [1.807, 2.05) is 0 Å². The average molecular weight is 130 g/mol. The molecule has 0 heterocycles. The quantitative estimate of drug-likeness (QED) is 0.521. The first-order chi connectivity index (χ1) is 4.24. The molecule has 3 heteroatoms. The van der Waals surface area contributed by atoms with E-state index in [0.29, 0.717) is 5.92 Å². The second-order valence-corrected chi connectivity index (χ2v) is 2.66. The Balaban J connectivity index is 2.19. The number of carboxylic acid groups (broad SMARTS) is 1. The highest BCUT2D eigenvalue weighted by Gasteiger charge is 2.34. The summed E-state index contributed by atoms with van der Waals surface area (Å²) < 4.78 is 0. The lowest BCUT2D eigenvalue weighted by molar-refractivity contribution is -0.384. The molecule has 1 aliphatic carbocycles. The molecule has 1 saturated carbocycles. The van der Waals surface area contributed by atoms with E-state index in [0.717, 1.165) is 19.4 Å². The highest BCUT2D eigenvalue weighted by molar-refractivity contribution is 5.71. The number of hydrogen-bond donors (Lipinski definition) is 2. The summed E-state index contributed by atoms with van der Waals surface area (Å²) >= 11 is 0. The van der Waals surface area contributed by atoms with Crippen molar-refractivity contribution >= 4 is 5.97 Å². The normalized spacial score (nSPS) is 33.4. The Labute approximate surface area is 53.9 Å². The van der Waals surface area contributed by atoms with Gasteiger partial charge in [-0.15, -0.1) is 0 Å². The lowest BCUT2D eigenvalue weighted by Gasteiger charge is -2.29. The van der Waals surface area contributed by atoms with Crippen LogP contribution in [-0.4, -0.2) is 17.6 Å². The van der Waals surface area contributed by atoms with Crippen LogP contribution >= 0.6 is 0 Å². The molecule has 3 nitrogen and oxygen atoms in total. The molecule has 0 atom stereocenters. The maximum absolute atomic E-state index is 10.2. The molecule has 1 fully saturated rings. The Morgan fingerprint density at radius 1 is 1.67 bits per heavy atom. The fourth-order valence-electron chi connectivity index (χ4n) is 1.17. The van der Waals surface area contributed by atoms with Crippen LogP contribution in [0.3, 0.4) is 0 Å². The second kappa shape index (κ2) is 2.35. The zero-order valence-corrected chi connectivity index (χ0v) is 5.34. The van der Waals surface area contributed by atoms with Crippen LogP contribution in [0.15, 0.2) is 0 Å². The second-order valence-electron chi connectivity index (χ2n) is 2.66. The van der Waals surface area contributed by atoms with Crippen molar-refractivity contribution in [1.82, 2.24) is 0 Å². The van der Waals surface area contributed by atoms with Crippen LogP contribution in [-0.2, 0) is 4.79 Å². The molecule has 0 spiro atoms. The van der Waals surface area contributed by atoms with Crippen molar-refractivity contribution in [2.24, 2.45) is 11.8 Å². The SMILES string of the molecule is [NH3+]CC1CC(C(=O)O)C1. The predicted octanol–water partition coefficient (Wildman–Crippen LogP) is -0.661. The van der Waals surface area contributed by atoms with Crippen molar-refractivity contribution in [3.63, 3.8) is 0 Å². The summed E-state index contributed by atoms with van der Waals surface area (Å²) in [7, 11) is 0. The van der Waals surface area contributed by atoms with Gasteiger partial charge in [0.25, 0.3) is 0 Å². The van der Waals surface area contributed by atoms with Gasteiger partial charge in [0.1, 0.15) is 0 Å². The van der Waals surface area contributed by atoms with Crippen LogP contribution in [0, 0.1) is 11.8 Å². The zero-order valence-electron chi connectivity index (χ0n) is 5.34. The van der Waals surface area contributed by atoms with Gasteiger partial charge in [0.05, 0.1) is 12.5 Å². The Morgan fingerprint density at radius 2 is 2.22 bits per heavy atom. The van der Waals surface area contributed by atoms with Crippen molar-refractivity contribution in [1.29, 1.82) is 0 Å². The Hall–Kier alpha value is -0.570. The molecule has 0 amide bonds. The highest BCUT2D eigenvalue weighted by atomic mass is 16.4. The first-order valence-electron chi connectivity index (χ1n) is 3.26. The summed E-state index contributed by atoms with van der Waals surface area (Å²) in [6, 6.07) is 0. The van der Waals surface area contributed by atoms with Gasteiger partial charge in [-0.2, -0.15) is 0 Å². The molecule has 0 radical (unpaired) electrons. The van der Waals surface area contributed by atoms with Crippen LogP contribution in [0.1, 0.15) is 12.8 Å². The van der Waals surface area contributed by atoms with E-state index in [4.69, 9.17) is 5.11 Å². The summed E-state index contributed by atoms with van der Waals surface area (Å²) in [5, 5.41) is 8.43. The first kappa shape index (κ1) is 6.55. The van der Waals surface area contributed by atoms with Gasteiger partial charge >= 0.3 is 5.97 Å². The zero-order chi connectivity index (χ0) is 6.85. The van der Waals surface area contributed by atoms with Crippen molar-refractivity contribution in [3.05, 3.63) is 0 Å². The fourth-order valence-corrected chi connectivity index (χ4v) is 1.17. The number of carboxylic acids is 1. The molecular weight excluding hydrogens is 118 g/mol. The minimum atomic E-state index is -0.639. The maximum Gasteiger partial charge on any atom is 0.306 e. The topological polar surface area (TPSA) is 64.9 Å². The number of quaternary nitrogens is 1. The van der Waals surface area contributed by atoms with Crippen molar-refractivity contribution in [2.45, 2.75) is 12.8 Å². The van der Waals surface area contributed by atoms with Crippen LogP contribution in [0.2, 0.25) is 0 Å². The number of rotatable bonds is 2. The molecule has 52 valence electrons. The van der Waals surface area contributed by atoms with Gasteiger partial charge in [0.15, 0.2) is 0 Å². The largest absolute Gasteiger partial charge is 0.481 e. The standard InChI is InChI=1S/C6H11NO2/c7-3-4-1-5(2-4)6(8)9/h4-5H,1-3,7H2,(H,8,9)/p+1. The van der Waals surface area contributed by atoms with Gasteiger partial charge in [-0.3, -0.25) is 4.79 Å². The summed E-state index contributed by atoms with van der Waals surface area (Å²) in [4.78, 5) is 10.2. The van der Waals surface area contributed by atoms with Crippen molar-refractivity contribution in [3.8, 4) is 0 Å². The molecule has 0 aromatic heterocycles. The molecule has 0 aromatic rings. The first-order valence-corrected chi connectivity index (χ1v) is 3.26. The van der Waals surface area contributed by atoms with Crippen LogP contribution < -0.4 is 5.73 Å². The molecule has 4 N–H and O–H groups in total. The van der Waals surface area contributed by atoms with Crippen molar-refractivity contribution in [2.75, 3.05) is 6.54 Å². The molecule has 1 rings (SSSR count). The van der Waals surface area contributed by atoms with Crippen LogP contribution in [0.4, 0.5) is 0 Å². The third-order valence-electron chi connectivity index (χ3n) is 1.99. The van der Waals surface area contributed by atoms with E-state index in [-0.39, 0.29) is 5.92 Å². The van der Waals surface area contributed by atoms with E-state index < -0.39 is 5.97 Å². The monoisotopic (exact) mass is 130 g/mol. The summed E-state index contributed by atoms with van der Waals surface area (Å²) in [6.07, 6.45) is 1.69. The smallest absolute Gasteiger partial charge is 0.306 e. The summed E-state index contributed by atoms with van der Waals surface area (Å²) in [5.74, 6) is -0.109. The molecule has 0 unspecified atom stereocenters. The lowest BCUT2D eigenvalue weighted by atomic mass is 9.75. The minimum Gasteiger partial charge on any atom is -0.481 e. The number of carbonyl (C=O) groups is 1. The molecule has 0 bridgehead atoms. The lowest BCUT2D eigenvalue weighted by Crippen LogP contribution is -2.56. The third-order valence-corrected chi connectivity index (χ3v) is 1.99. The van der Waals surface area contributed by atoms with E-state index in [1.165, 1.54) is 0 Å². The molecule has 0 saturated heterocycles. The van der Waals surface area contributed by atoms with E-state index >= 15 is 0 Å². The molecule has 0 aliphatic heterocycles. The van der Waals surface area contributed by atoms with E-state index in [1.54, 1.807) is 0 Å². The van der Waals surface area contributed by atoms with Gasteiger partial charge in [0, 0.05) is 5.92 Å². The third kappa shape index (κ3) is 1.21. The van der Waals surface area contributed by atoms with Gasteiger partial charge in [0.2, 0.25) is 0 Å². The van der Waals surface area contributed by atoms with Crippen molar-refractivity contribution < 1.29 is 15.6 Å². The maximum atomic E-state index is 10.2. The Morgan fingerprint density at radius 3 is 2.56 bits per heavy atom. The van der Waals surface area contributed by atoms with E-state index in [2.05, 4.69) is 5.73 Å². The number of aliphatic carboxylic acids is 1. The van der Waals surface area contributed by atoms with Gasteiger partial charge in [-0.1, -0.05) is 0 Å². The van der Waals surface area contributed by atoms with Crippen LogP contribution in [0.5, 0.6) is 0 Å².